The molecule has 0 unspecified atom stereocenters. The highest BCUT2D eigenvalue weighted by atomic mass is 79.9. The summed E-state index contributed by atoms with van der Waals surface area (Å²) in [6, 6.07) is 14.7. The van der Waals surface area contributed by atoms with Gasteiger partial charge >= 0.3 is 0 Å². The van der Waals surface area contributed by atoms with Crippen LogP contribution in [0.4, 0.5) is 0 Å². The summed E-state index contributed by atoms with van der Waals surface area (Å²) in [7, 11) is 0. The molecule has 18 heavy (non-hydrogen) atoms. The highest BCUT2D eigenvalue weighted by Crippen LogP contribution is 2.28. The summed E-state index contributed by atoms with van der Waals surface area (Å²) in [5, 5.41) is 0. The van der Waals surface area contributed by atoms with Crippen molar-refractivity contribution in [1.29, 1.82) is 0 Å². The predicted octanol–water partition coefficient (Wildman–Crippen LogP) is 4.47. The van der Waals surface area contributed by atoms with Crippen molar-refractivity contribution >= 4 is 37.6 Å². The Balaban J connectivity index is 2.02. The van der Waals surface area contributed by atoms with E-state index in [1.807, 2.05) is 36.4 Å². The smallest absolute Gasteiger partial charge is 0.200 e. The maximum absolute atomic E-state index is 11.8. The first-order valence-electron chi connectivity index (χ1n) is 5.33. The van der Waals surface area contributed by atoms with E-state index in [4.69, 9.17) is 4.74 Å². The Labute approximate surface area is 122 Å². The number of carbonyl (C=O) groups is 1. The van der Waals surface area contributed by atoms with Gasteiger partial charge < -0.3 is 4.74 Å². The van der Waals surface area contributed by atoms with Crippen molar-refractivity contribution in [1.82, 2.24) is 0 Å². The Morgan fingerprint density at radius 2 is 1.78 bits per heavy atom. The zero-order valence-corrected chi connectivity index (χ0v) is 12.6. The van der Waals surface area contributed by atoms with Crippen LogP contribution in [-0.2, 0) is 0 Å². The maximum atomic E-state index is 11.8. The lowest BCUT2D eigenvalue weighted by molar-refractivity contribution is 0.0921. The molecule has 0 heterocycles. The molecule has 0 atom stereocenters. The number of ketones is 1. The lowest BCUT2D eigenvalue weighted by Gasteiger charge is -2.07. The zero-order chi connectivity index (χ0) is 13.0. The van der Waals surface area contributed by atoms with Gasteiger partial charge in [0.2, 0.25) is 0 Å². The molecule has 0 aromatic heterocycles. The van der Waals surface area contributed by atoms with Gasteiger partial charge in [-0.05, 0) is 34.1 Å². The molecule has 0 saturated carbocycles. The lowest BCUT2D eigenvalue weighted by Crippen LogP contribution is -2.11. The molecule has 0 radical (unpaired) electrons. The molecule has 0 saturated heterocycles. The van der Waals surface area contributed by atoms with E-state index in [-0.39, 0.29) is 12.4 Å². The average Bonchev–Trinajstić information content (AvgIpc) is 2.38. The van der Waals surface area contributed by atoms with Crippen molar-refractivity contribution < 1.29 is 9.53 Å². The summed E-state index contributed by atoms with van der Waals surface area (Å²) in [5.41, 5.74) is 0.658. The SMILES string of the molecule is O=C(COc1ccc(Br)cc1Br)c1ccccc1. The molecule has 0 amide bonds. The molecule has 2 aromatic carbocycles. The standard InChI is InChI=1S/C14H10Br2O2/c15-11-6-7-14(12(16)8-11)18-9-13(17)10-4-2-1-3-5-10/h1-8H,9H2. The van der Waals surface area contributed by atoms with Crippen LogP contribution >= 0.6 is 31.9 Å². The fraction of sp³-hybridized carbons (Fsp3) is 0.0714. The van der Waals surface area contributed by atoms with E-state index in [0.717, 1.165) is 8.95 Å². The Morgan fingerprint density at radius 3 is 2.44 bits per heavy atom. The van der Waals surface area contributed by atoms with E-state index in [0.29, 0.717) is 11.3 Å². The van der Waals surface area contributed by atoms with Gasteiger partial charge in [0.1, 0.15) is 5.75 Å². The van der Waals surface area contributed by atoms with Gasteiger partial charge in [-0.3, -0.25) is 4.79 Å². The van der Waals surface area contributed by atoms with Crippen molar-refractivity contribution in [3.05, 3.63) is 63.0 Å². The highest BCUT2D eigenvalue weighted by Gasteiger charge is 2.08. The van der Waals surface area contributed by atoms with Crippen LogP contribution in [0.3, 0.4) is 0 Å². The molecule has 92 valence electrons. The zero-order valence-electron chi connectivity index (χ0n) is 9.40. The van der Waals surface area contributed by atoms with E-state index < -0.39 is 0 Å². The number of hydrogen-bond donors (Lipinski definition) is 0. The van der Waals surface area contributed by atoms with E-state index in [9.17, 15) is 4.79 Å². The number of ether oxygens (including phenoxy) is 1. The quantitative estimate of drug-likeness (QED) is 0.743. The molecule has 2 nitrogen and oxygen atoms in total. The van der Waals surface area contributed by atoms with Crippen LogP contribution < -0.4 is 4.74 Å². The van der Waals surface area contributed by atoms with Gasteiger partial charge in [0.15, 0.2) is 12.4 Å². The lowest BCUT2D eigenvalue weighted by atomic mass is 10.1. The summed E-state index contributed by atoms with van der Waals surface area (Å²) in [6.45, 7) is 0.0320. The molecule has 0 bridgehead atoms. The van der Waals surface area contributed by atoms with Crippen LogP contribution in [-0.4, -0.2) is 12.4 Å². The van der Waals surface area contributed by atoms with Crippen molar-refractivity contribution in [2.75, 3.05) is 6.61 Å². The normalized spacial score (nSPS) is 10.1. The van der Waals surface area contributed by atoms with Gasteiger partial charge in [-0.2, -0.15) is 0 Å². The summed E-state index contributed by atoms with van der Waals surface area (Å²) in [6.07, 6.45) is 0. The van der Waals surface area contributed by atoms with Crippen molar-refractivity contribution in [2.24, 2.45) is 0 Å². The second kappa shape index (κ2) is 6.16. The van der Waals surface area contributed by atoms with Crippen molar-refractivity contribution in [2.45, 2.75) is 0 Å². The number of carbonyl (C=O) groups excluding carboxylic acids is 1. The van der Waals surface area contributed by atoms with E-state index >= 15 is 0 Å². The second-order valence-corrected chi connectivity index (χ2v) is 5.42. The molecule has 0 spiro atoms. The predicted molar refractivity (Wildman–Crippen MR) is 78.1 cm³/mol. The van der Waals surface area contributed by atoms with Crippen molar-refractivity contribution in [3.63, 3.8) is 0 Å². The molecular formula is C14H10Br2O2. The van der Waals surface area contributed by atoms with Crippen LogP contribution in [0.15, 0.2) is 57.5 Å². The van der Waals surface area contributed by atoms with Crippen LogP contribution in [0, 0.1) is 0 Å². The molecule has 0 fully saturated rings. The van der Waals surface area contributed by atoms with Gasteiger partial charge in [-0.1, -0.05) is 46.3 Å². The molecular weight excluding hydrogens is 360 g/mol. The first-order valence-corrected chi connectivity index (χ1v) is 6.91. The Bertz CT molecular complexity index is 553. The molecule has 2 aromatic rings. The third-order valence-corrected chi connectivity index (χ3v) is 3.46. The van der Waals surface area contributed by atoms with Gasteiger partial charge in [0, 0.05) is 10.0 Å². The number of Topliss-reactive ketones (excluding diaryl/α,β-unsaturated/α-hetero) is 1. The van der Waals surface area contributed by atoms with Gasteiger partial charge in [0.25, 0.3) is 0 Å². The Kier molecular flexibility index (Phi) is 4.55. The summed E-state index contributed by atoms with van der Waals surface area (Å²) >= 11 is 6.75. The third kappa shape index (κ3) is 3.43. The fourth-order valence-electron chi connectivity index (χ4n) is 1.44. The van der Waals surface area contributed by atoms with E-state index in [2.05, 4.69) is 31.9 Å². The van der Waals surface area contributed by atoms with Gasteiger partial charge in [0.05, 0.1) is 4.47 Å². The van der Waals surface area contributed by atoms with Crippen LogP contribution in [0.5, 0.6) is 5.75 Å². The summed E-state index contributed by atoms with van der Waals surface area (Å²) < 4.78 is 7.26. The minimum atomic E-state index is -0.0366. The van der Waals surface area contributed by atoms with Crippen LogP contribution in [0.1, 0.15) is 10.4 Å². The highest BCUT2D eigenvalue weighted by molar-refractivity contribution is 9.11. The van der Waals surface area contributed by atoms with Crippen LogP contribution in [0.2, 0.25) is 0 Å². The molecule has 0 aliphatic carbocycles. The minimum Gasteiger partial charge on any atom is -0.484 e. The fourth-order valence-corrected chi connectivity index (χ4v) is 2.60. The van der Waals surface area contributed by atoms with E-state index in [1.54, 1.807) is 12.1 Å². The van der Waals surface area contributed by atoms with Crippen molar-refractivity contribution in [3.8, 4) is 5.75 Å². The van der Waals surface area contributed by atoms with Gasteiger partial charge in [-0.15, -0.1) is 0 Å². The molecule has 2 rings (SSSR count). The van der Waals surface area contributed by atoms with E-state index in [1.165, 1.54) is 0 Å². The maximum Gasteiger partial charge on any atom is 0.200 e. The molecule has 0 aliphatic heterocycles. The molecule has 0 aliphatic rings. The summed E-state index contributed by atoms with van der Waals surface area (Å²) in [4.78, 5) is 11.8. The number of hydrogen-bond acceptors (Lipinski definition) is 2. The molecule has 4 heteroatoms. The number of halogens is 2. The van der Waals surface area contributed by atoms with Crippen LogP contribution in [0.25, 0.3) is 0 Å². The Morgan fingerprint density at radius 1 is 1.06 bits per heavy atom. The largest absolute Gasteiger partial charge is 0.484 e. The number of rotatable bonds is 4. The second-order valence-electron chi connectivity index (χ2n) is 3.65. The topological polar surface area (TPSA) is 26.3 Å². The number of benzene rings is 2. The summed E-state index contributed by atoms with van der Waals surface area (Å²) in [5.74, 6) is 0.618. The molecule has 0 N–H and O–H groups in total. The van der Waals surface area contributed by atoms with Gasteiger partial charge in [-0.25, -0.2) is 0 Å². The monoisotopic (exact) mass is 368 g/mol. The third-order valence-electron chi connectivity index (χ3n) is 2.35. The average molecular weight is 370 g/mol. The first kappa shape index (κ1) is 13.3. The first-order chi connectivity index (χ1) is 8.66. The minimum absolute atomic E-state index is 0.0320. The Hall–Kier alpha value is -1.13.